The lowest BCUT2D eigenvalue weighted by Crippen LogP contribution is -2.74. The topological polar surface area (TPSA) is 83.9 Å². The number of β-lactam (4-membered cyclic amide) rings is 1. The zero-order valence-electron chi connectivity index (χ0n) is 9.99. The molecule has 0 aliphatic carbocycles. The zero-order valence-corrected chi connectivity index (χ0v) is 11.6. The van der Waals surface area contributed by atoms with E-state index in [9.17, 15) is 14.4 Å². The van der Waals surface area contributed by atoms with Gasteiger partial charge in [0.25, 0.3) is 5.91 Å². The number of nitrogens with zero attached hydrogens (tertiary/aromatic N) is 1. The van der Waals surface area contributed by atoms with Crippen LogP contribution in [0.25, 0.3) is 0 Å². The SMILES string of the molecule is C=CSC1(C(=O)OC)C(=O)N2C(C(=O)O)=CCS[C@H]21. The third-order valence-corrected chi connectivity index (χ3v) is 5.38. The van der Waals surface area contributed by atoms with Crippen LogP contribution in [0.15, 0.2) is 23.8 Å². The monoisotopic (exact) mass is 301 g/mol. The number of thioether (sulfide) groups is 2. The quantitative estimate of drug-likeness (QED) is 0.464. The van der Waals surface area contributed by atoms with Crippen LogP contribution in [-0.2, 0) is 19.1 Å². The molecule has 8 heteroatoms. The normalized spacial score (nSPS) is 28.9. The molecule has 1 unspecified atom stereocenters. The molecule has 0 radical (unpaired) electrons. The molecule has 2 atom stereocenters. The van der Waals surface area contributed by atoms with E-state index in [2.05, 4.69) is 11.3 Å². The minimum absolute atomic E-state index is 0.0852. The number of esters is 1. The van der Waals surface area contributed by atoms with Crippen molar-refractivity contribution in [1.82, 2.24) is 4.90 Å². The second-order valence-electron chi connectivity index (χ2n) is 3.77. The molecule has 6 nitrogen and oxygen atoms in total. The molecule has 0 spiro atoms. The number of hydrogen-bond donors (Lipinski definition) is 1. The van der Waals surface area contributed by atoms with Crippen molar-refractivity contribution in [2.75, 3.05) is 12.9 Å². The van der Waals surface area contributed by atoms with Crippen LogP contribution in [0.1, 0.15) is 0 Å². The van der Waals surface area contributed by atoms with Gasteiger partial charge in [-0.15, -0.1) is 23.5 Å². The van der Waals surface area contributed by atoms with E-state index in [1.165, 1.54) is 30.4 Å². The van der Waals surface area contributed by atoms with Crippen molar-refractivity contribution in [3.8, 4) is 0 Å². The van der Waals surface area contributed by atoms with Gasteiger partial charge < -0.3 is 9.84 Å². The van der Waals surface area contributed by atoms with Gasteiger partial charge in [-0.2, -0.15) is 0 Å². The lowest BCUT2D eigenvalue weighted by Gasteiger charge is -2.53. The van der Waals surface area contributed by atoms with E-state index in [1.807, 2.05) is 0 Å². The molecule has 0 saturated carbocycles. The predicted octanol–water partition coefficient (Wildman–Crippen LogP) is 0.658. The van der Waals surface area contributed by atoms with Gasteiger partial charge in [0.2, 0.25) is 4.75 Å². The van der Waals surface area contributed by atoms with E-state index in [4.69, 9.17) is 5.11 Å². The standard InChI is InChI=1S/C11H11NO5S2/c1-3-19-11(10(16)17-2)8(15)12-6(7(13)14)4-5-18-9(11)12/h3-4,9H,1,5H2,2H3,(H,13,14)/t9-,11?/m0/s1. The smallest absolute Gasteiger partial charge is 0.352 e. The fourth-order valence-corrected chi connectivity index (χ4v) is 4.53. The summed E-state index contributed by atoms with van der Waals surface area (Å²) >= 11 is 2.29. The fraction of sp³-hybridized carbons (Fsp3) is 0.364. The zero-order chi connectivity index (χ0) is 14.2. The number of fused-ring (bicyclic) bond motifs is 1. The van der Waals surface area contributed by atoms with E-state index in [1.54, 1.807) is 0 Å². The second-order valence-corrected chi connectivity index (χ2v) is 6.09. The molecule has 2 rings (SSSR count). The van der Waals surface area contributed by atoms with Gasteiger partial charge >= 0.3 is 11.9 Å². The van der Waals surface area contributed by atoms with Crippen LogP contribution in [0.3, 0.4) is 0 Å². The van der Waals surface area contributed by atoms with E-state index in [0.29, 0.717) is 5.75 Å². The Balaban J connectivity index is 2.40. The Hall–Kier alpha value is -1.41. The summed E-state index contributed by atoms with van der Waals surface area (Å²) in [6.07, 6.45) is 1.46. The van der Waals surface area contributed by atoms with Gasteiger partial charge in [0.15, 0.2) is 0 Å². The van der Waals surface area contributed by atoms with Gasteiger partial charge in [0, 0.05) is 5.75 Å². The van der Waals surface area contributed by atoms with Crippen LogP contribution in [-0.4, -0.2) is 50.8 Å². The summed E-state index contributed by atoms with van der Waals surface area (Å²) in [7, 11) is 1.20. The molecular weight excluding hydrogens is 290 g/mol. The highest BCUT2D eigenvalue weighted by Crippen LogP contribution is 2.52. The molecule has 2 heterocycles. The van der Waals surface area contributed by atoms with Crippen molar-refractivity contribution in [2.45, 2.75) is 10.1 Å². The van der Waals surface area contributed by atoms with Crippen LogP contribution in [0.4, 0.5) is 0 Å². The van der Waals surface area contributed by atoms with Crippen LogP contribution in [0, 0.1) is 0 Å². The number of hydrogen-bond acceptors (Lipinski definition) is 6. The molecule has 2 aliphatic heterocycles. The Labute approximate surface area is 117 Å². The highest BCUT2D eigenvalue weighted by atomic mass is 32.2. The number of rotatable bonds is 4. The lowest BCUT2D eigenvalue weighted by atomic mass is 9.95. The Morgan fingerprint density at radius 1 is 1.74 bits per heavy atom. The highest BCUT2D eigenvalue weighted by molar-refractivity contribution is 8.07. The molecule has 1 amide bonds. The minimum atomic E-state index is -1.42. The second kappa shape index (κ2) is 4.93. The van der Waals surface area contributed by atoms with Crippen molar-refractivity contribution in [1.29, 1.82) is 0 Å². The molecule has 0 aromatic rings. The number of carbonyl (C=O) groups is 3. The summed E-state index contributed by atoms with van der Waals surface area (Å²) < 4.78 is 3.27. The van der Waals surface area contributed by atoms with Gasteiger partial charge in [0.05, 0.1) is 7.11 Å². The summed E-state index contributed by atoms with van der Waals surface area (Å²) in [4.78, 5) is 36.4. The number of aliphatic carboxylic acids is 1. The molecule has 2 aliphatic rings. The van der Waals surface area contributed by atoms with E-state index >= 15 is 0 Å². The summed E-state index contributed by atoms with van der Waals surface area (Å²) in [5.74, 6) is -2.01. The first-order chi connectivity index (χ1) is 9.00. The average molecular weight is 301 g/mol. The van der Waals surface area contributed by atoms with Gasteiger partial charge in [-0.05, 0) is 11.5 Å². The maximum absolute atomic E-state index is 12.3. The third-order valence-electron chi connectivity index (χ3n) is 2.89. The largest absolute Gasteiger partial charge is 0.477 e. The summed E-state index contributed by atoms with van der Waals surface area (Å²) in [5.41, 5.74) is -0.0852. The molecule has 0 aromatic heterocycles. The van der Waals surface area contributed by atoms with Crippen molar-refractivity contribution in [3.05, 3.63) is 23.8 Å². The Kier molecular flexibility index (Phi) is 3.64. The third kappa shape index (κ3) is 1.78. The summed E-state index contributed by atoms with van der Waals surface area (Å²) in [6, 6.07) is 0. The first-order valence-corrected chi connectivity index (χ1v) is 7.19. The van der Waals surface area contributed by atoms with Crippen molar-refractivity contribution in [3.63, 3.8) is 0 Å². The summed E-state index contributed by atoms with van der Waals surface area (Å²) in [5, 5.41) is 9.88. The number of ether oxygens (including phenoxy) is 1. The molecule has 1 N–H and O–H groups in total. The van der Waals surface area contributed by atoms with Crippen molar-refractivity contribution >= 4 is 41.4 Å². The first kappa shape index (κ1) is 14.0. The number of carboxylic acid groups (broad SMARTS) is 1. The Bertz CT molecular complexity index is 503. The first-order valence-electron chi connectivity index (χ1n) is 5.26. The minimum Gasteiger partial charge on any atom is -0.477 e. The van der Waals surface area contributed by atoms with Crippen molar-refractivity contribution in [2.24, 2.45) is 0 Å². The van der Waals surface area contributed by atoms with Crippen LogP contribution in [0.5, 0.6) is 0 Å². The Morgan fingerprint density at radius 2 is 2.42 bits per heavy atom. The van der Waals surface area contributed by atoms with Crippen molar-refractivity contribution < 1.29 is 24.2 Å². The van der Waals surface area contributed by atoms with Crippen LogP contribution in [0.2, 0.25) is 0 Å². The van der Waals surface area contributed by atoms with Crippen LogP contribution >= 0.6 is 23.5 Å². The Morgan fingerprint density at radius 3 is 2.95 bits per heavy atom. The highest BCUT2D eigenvalue weighted by Gasteiger charge is 2.69. The van der Waals surface area contributed by atoms with Gasteiger partial charge in [-0.3, -0.25) is 9.69 Å². The molecule has 0 bridgehead atoms. The van der Waals surface area contributed by atoms with E-state index < -0.39 is 28.0 Å². The van der Waals surface area contributed by atoms with Gasteiger partial charge in [-0.25, -0.2) is 9.59 Å². The van der Waals surface area contributed by atoms with E-state index in [-0.39, 0.29) is 5.70 Å². The average Bonchev–Trinajstić information content (AvgIpc) is 2.42. The molecule has 1 saturated heterocycles. The number of amides is 1. The number of methoxy groups -OCH3 is 1. The molecule has 1 fully saturated rings. The molecule has 19 heavy (non-hydrogen) atoms. The number of carbonyl (C=O) groups excluding carboxylic acids is 2. The molecule has 0 aromatic carbocycles. The van der Waals surface area contributed by atoms with Crippen LogP contribution < -0.4 is 0 Å². The van der Waals surface area contributed by atoms with Gasteiger partial charge in [-0.1, -0.05) is 6.58 Å². The summed E-state index contributed by atoms with van der Waals surface area (Å²) in [6.45, 7) is 3.51. The maximum atomic E-state index is 12.3. The lowest BCUT2D eigenvalue weighted by molar-refractivity contribution is -0.162. The predicted molar refractivity (Wildman–Crippen MR) is 71.3 cm³/mol. The number of carboxylic acids is 1. The molecular formula is C11H11NO5S2. The van der Waals surface area contributed by atoms with Gasteiger partial charge in [0.1, 0.15) is 11.1 Å². The van der Waals surface area contributed by atoms with E-state index in [0.717, 1.165) is 16.7 Å². The maximum Gasteiger partial charge on any atom is 0.352 e. The molecule has 102 valence electrons. The fourth-order valence-electron chi connectivity index (χ4n) is 2.07.